The van der Waals surface area contributed by atoms with Gasteiger partial charge in [-0.1, -0.05) is 48.5 Å². The maximum Gasteiger partial charge on any atom is 0.318 e. The molecular formula is C24H20O5. The molecule has 0 fully saturated rings. The highest BCUT2D eigenvalue weighted by Crippen LogP contribution is 2.60. The van der Waals surface area contributed by atoms with Crippen LogP contribution in [0.2, 0.25) is 0 Å². The van der Waals surface area contributed by atoms with Crippen molar-refractivity contribution in [2.24, 2.45) is 5.92 Å². The highest BCUT2D eigenvalue weighted by atomic mass is 16.5. The Kier molecular flexibility index (Phi) is 3.66. The highest BCUT2D eigenvalue weighted by molar-refractivity contribution is 5.81. The Morgan fingerprint density at radius 1 is 0.931 bits per heavy atom. The number of aromatic hydroxyl groups is 1. The number of benzene rings is 3. The van der Waals surface area contributed by atoms with E-state index in [4.69, 9.17) is 4.74 Å². The van der Waals surface area contributed by atoms with Gasteiger partial charge < -0.3 is 20.1 Å². The first-order chi connectivity index (χ1) is 13.9. The summed E-state index contributed by atoms with van der Waals surface area (Å²) < 4.78 is 5.64. The van der Waals surface area contributed by atoms with Crippen molar-refractivity contribution in [3.05, 3.63) is 94.5 Å². The molecule has 2 bridgehead atoms. The van der Waals surface area contributed by atoms with Crippen LogP contribution in [0.4, 0.5) is 0 Å². The summed E-state index contributed by atoms with van der Waals surface area (Å²) >= 11 is 0. The molecule has 3 atom stereocenters. The summed E-state index contributed by atoms with van der Waals surface area (Å²) in [5.41, 5.74) is -0.514. The number of para-hydroxylation sites is 1. The quantitative estimate of drug-likeness (QED) is 0.464. The first-order valence-corrected chi connectivity index (χ1v) is 9.52. The lowest BCUT2D eigenvalue weighted by Gasteiger charge is -2.53. The van der Waals surface area contributed by atoms with E-state index in [1.807, 2.05) is 19.1 Å². The molecular weight excluding hydrogens is 368 g/mol. The number of carbonyl (C=O) groups is 1. The van der Waals surface area contributed by atoms with Crippen molar-refractivity contribution in [3.63, 3.8) is 0 Å². The summed E-state index contributed by atoms with van der Waals surface area (Å²) in [5, 5.41) is 33.6. The molecule has 0 aromatic heterocycles. The van der Waals surface area contributed by atoms with Crippen LogP contribution >= 0.6 is 0 Å². The van der Waals surface area contributed by atoms with E-state index in [0.29, 0.717) is 28.0 Å². The van der Waals surface area contributed by atoms with E-state index in [-0.39, 0.29) is 12.2 Å². The van der Waals surface area contributed by atoms with E-state index in [2.05, 4.69) is 0 Å². The third-order valence-electron chi connectivity index (χ3n) is 6.24. The Balaban J connectivity index is 1.68. The number of hydrogen-bond donors (Lipinski definition) is 3. The number of aryl methyl sites for hydroxylation is 1. The topological polar surface area (TPSA) is 87.0 Å². The number of phenols is 1. The number of hydrogen-bond acceptors (Lipinski definition) is 5. The van der Waals surface area contributed by atoms with Crippen molar-refractivity contribution in [2.45, 2.75) is 24.5 Å². The Morgan fingerprint density at radius 3 is 2.34 bits per heavy atom. The second-order valence-electron chi connectivity index (χ2n) is 7.85. The fourth-order valence-corrected chi connectivity index (χ4v) is 4.82. The molecule has 0 aliphatic heterocycles. The normalized spacial score (nSPS) is 26.5. The first-order valence-electron chi connectivity index (χ1n) is 9.52. The van der Waals surface area contributed by atoms with Crippen LogP contribution in [0.25, 0.3) is 0 Å². The molecule has 5 heteroatoms. The van der Waals surface area contributed by atoms with Gasteiger partial charge in [0.2, 0.25) is 0 Å². The van der Waals surface area contributed by atoms with Gasteiger partial charge in [0, 0.05) is 6.42 Å². The standard InChI is InChI=1S/C24H20O5/c1-14-6-2-5-9-21(14)29-22(26)20-13-23(27)16-7-3-4-8-17(16)24(20,28)18-11-10-15(25)12-19(18)23/h2-12,20,25,27-28H,13H2,1H3. The van der Waals surface area contributed by atoms with Gasteiger partial charge in [0.1, 0.15) is 22.7 Å². The molecule has 5 nitrogen and oxygen atoms in total. The molecule has 3 aliphatic carbocycles. The minimum atomic E-state index is -1.66. The predicted molar refractivity (Wildman–Crippen MR) is 105 cm³/mol. The molecule has 3 aromatic carbocycles. The second kappa shape index (κ2) is 5.92. The van der Waals surface area contributed by atoms with Crippen LogP contribution in [0.15, 0.2) is 66.7 Å². The molecule has 0 spiro atoms. The number of rotatable bonds is 2. The summed E-state index contributed by atoms with van der Waals surface area (Å²) in [7, 11) is 0. The van der Waals surface area contributed by atoms with E-state index in [1.165, 1.54) is 12.1 Å². The van der Waals surface area contributed by atoms with E-state index >= 15 is 0 Å². The molecule has 0 amide bonds. The number of aliphatic hydroxyl groups is 2. The van der Waals surface area contributed by atoms with Crippen LogP contribution in [0.3, 0.4) is 0 Å². The third-order valence-corrected chi connectivity index (χ3v) is 6.24. The van der Waals surface area contributed by atoms with Gasteiger partial charge in [-0.2, -0.15) is 0 Å². The molecule has 3 N–H and O–H groups in total. The van der Waals surface area contributed by atoms with Gasteiger partial charge in [0.05, 0.1) is 5.92 Å². The Hall–Kier alpha value is -3.15. The largest absolute Gasteiger partial charge is 0.508 e. The van der Waals surface area contributed by atoms with Crippen molar-refractivity contribution in [3.8, 4) is 11.5 Å². The zero-order valence-corrected chi connectivity index (χ0v) is 15.8. The van der Waals surface area contributed by atoms with Gasteiger partial charge in [-0.05, 0) is 52.9 Å². The van der Waals surface area contributed by atoms with Crippen LogP contribution in [0.5, 0.6) is 11.5 Å². The van der Waals surface area contributed by atoms with Crippen LogP contribution in [0, 0.1) is 12.8 Å². The van der Waals surface area contributed by atoms with Gasteiger partial charge in [-0.15, -0.1) is 0 Å². The number of ether oxygens (including phenoxy) is 1. The maximum atomic E-state index is 13.2. The van der Waals surface area contributed by atoms with Crippen LogP contribution < -0.4 is 4.74 Å². The van der Waals surface area contributed by atoms with Crippen molar-refractivity contribution in [2.75, 3.05) is 0 Å². The predicted octanol–water partition coefficient (Wildman–Crippen LogP) is 3.11. The molecule has 0 saturated heterocycles. The second-order valence-corrected chi connectivity index (χ2v) is 7.85. The molecule has 0 saturated carbocycles. The van der Waals surface area contributed by atoms with E-state index < -0.39 is 23.1 Å². The summed E-state index contributed by atoms with van der Waals surface area (Å²) in [6.07, 6.45) is -0.0400. The SMILES string of the molecule is Cc1ccccc1OC(=O)C1CC2(O)c3ccccc3C1(O)c1ccc(O)cc12. The molecule has 3 aromatic rings. The Bertz CT molecular complexity index is 1150. The highest BCUT2D eigenvalue weighted by Gasteiger charge is 2.62. The number of phenolic OH excluding ortho intramolecular Hbond substituents is 1. The molecule has 29 heavy (non-hydrogen) atoms. The Labute approximate surface area is 167 Å². The summed E-state index contributed by atoms with van der Waals surface area (Å²) in [4.78, 5) is 13.2. The summed E-state index contributed by atoms with van der Waals surface area (Å²) in [5.74, 6) is -1.19. The lowest BCUT2D eigenvalue weighted by molar-refractivity contribution is -0.157. The van der Waals surface area contributed by atoms with Crippen molar-refractivity contribution >= 4 is 5.97 Å². The number of esters is 1. The zero-order chi connectivity index (χ0) is 20.4. The Morgan fingerprint density at radius 2 is 1.59 bits per heavy atom. The van der Waals surface area contributed by atoms with Gasteiger partial charge in [0.25, 0.3) is 0 Å². The van der Waals surface area contributed by atoms with Gasteiger partial charge in [-0.25, -0.2) is 0 Å². The van der Waals surface area contributed by atoms with Crippen LogP contribution in [0.1, 0.15) is 34.2 Å². The third kappa shape index (κ3) is 2.32. The maximum absolute atomic E-state index is 13.2. The molecule has 3 aliphatic rings. The number of fused-ring (bicyclic) bond motifs is 1. The van der Waals surface area contributed by atoms with Crippen LogP contribution in [-0.4, -0.2) is 21.3 Å². The number of carbonyl (C=O) groups excluding carboxylic acids is 1. The van der Waals surface area contributed by atoms with Crippen molar-refractivity contribution < 1.29 is 24.9 Å². The molecule has 6 rings (SSSR count). The fraction of sp³-hybridized carbons (Fsp3) is 0.208. The summed E-state index contributed by atoms with van der Waals surface area (Å²) in [6.45, 7) is 1.84. The first kappa shape index (κ1) is 17.9. The molecule has 3 unspecified atom stereocenters. The minimum absolute atomic E-state index is 0.00940. The fourth-order valence-electron chi connectivity index (χ4n) is 4.82. The van der Waals surface area contributed by atoms with E-state index in [1.54, 1.807) is 42.5 Å². The minimum Gasteiger partial charge on any atom is -0.508 e. The molecule has 0 radical (unpaired) electrons. The van der Waals surface area contributed by atoms with Crippen molar-refractivity contribution in [1.29, 1.82) is 0 Å². The van der Waals surface area contributed by atoms with Crippen LogP contribution in [-0.2, 0) is 16.0 Å². The summed E-state index contributed by atoms with van der Waals surface area (Å²) in [6, 6.07) is 18.7. The monoisotopic (exact) mass is 388 g/mol. The smallest absolute Gasteiger partial charge is 0.318 e. The zero-order valence-electron chi connectivity index (χ0n) is 15.8. The van der Waals surface area contributed by atoms with Gasteiger partial charge in [-0.3, -0.25) is 4.79 Å². The van der Waals surface area contributed by atoms with Gasteiger partial charge in [0.15, 0.2) is 0 Å². The lowest BCUT2D eigenvalue weighted by atomic mass is 9.54. The molecule has 0 heterocycles. The van der Waals surface area contributed by atoms with E-state index in [0.717, 1.165) is 5.56 Å². The van der Waals surface area contributed by atoms with E-state index in [9.17, 15) is 20.1 Å². The lowest BCUT2D eigenvalue weighted by Crippen LogP contribution is -2.57. The average molecular weight is 388 g/mol. The average Bonchev–Trinajstić information content (AvgIpc) is 2.71. The van der Waals surface area contributed by atoms with Crippen molar-refractivity contribution in [1.82, 2.24) is 0 Å². The molecule has 146 valence electrons. The van der Waals surface area contributed by atoms with Gasteiger partial charge >= 0.3 is 5.97 Å².